The Morgan fingerprint density at radius 3 is 2.94 bits per heavy atom. The van der Waals surface area contributed by atoms with Gasteiger partial charge in [-0.05, 0) is 6.42 Å². The van der Waals surface area contributed by atoms with Gasteiger partial charge in [0.05, 0.1) is 25.2 Å². The molecule has 0 spiro atoms. The van der Waals surface area contributed by atoms with E-state index in [4.69, 9.17) is 4.74 Å². The molecule has 1 aliphatic heterocycles. The lowest BCUT2D eigenvalue weighted by atomic mass is 10.4. The summed E-state index contributed by atoms with van der Waals surface area (Å²) in [5.41, 5.74) is 1.28. The van der Waals surface area contributed by atoms with E-state index in [1.54, 1.807) is 0 Å². The highest BCUT2D eigenvalue weighted by Gasteiger charge is 2.09. The van der Waals surface area contributed by atoms with Crippen LogP contribution in [-0.4, -0.2) is 53.8 Å². The first-order chi connectivity index (χ1) is 8.90. The number of imidazole rings is 1. The number of aromatic nitrogens is 2. The number of morpholine rings is 1. The number of hydrogen-bond donors (Lipinski definition) is 1. The molecule has 0 saturated carbocycles. The van der Waals surface area contributed by atoms with Crippen LogP contribution in [0, 0.1) is 0 Å². The maximum atomic E-state index is 5.33. The summed E-state index contributed by atoms with van der Waals surface area (Å²) < 4.78 is 7.56. The molecule has 0 aliphatic carbocycles. The predicted molar refractivity (Wildman–Crippen MR) is 71.5 cm³/mol. The van der Waals surface area contributed by atoms with Crippen molar-refractivity contribution in [2.45, 2.75) is 26.4 Å². The number of hydrogen-bond acceptors (Lipinski definition) is 4. The van der Waals surface area contributed by atoms with Gasteiger partial charge in [0.25, 0.3) is 0 Å². The van der Waals surface area contributed by atoms with Crippen LogP contribution in [0.2, 0.25) is 0 Å². The first-order valence-corrected chi connectivity index (χ1v) is 6.90. The number of nitrogens with zero attached hydrogens (tertiary/aromatic N) is 3. The van der Waals surface area contributed by atoms with E-state index in [1.165, 1.54) is 5.69 Å². The van der Waals surface area contributed by atoms with Gasteiger partial charge in [-0.2, -0.15) is 0 Å². The molecule has 0 amide bonds. The Bertz CT molecular complexity index is 333. The van der Waals surface area contributed by atoms with Crippen molar-refractivity contribution < 1.29 is 4.74 Å². The van der Waals surface area contributed by atoms with E-state index in [1.807, 2.05) is 12.5 Å². The van der Waals surface area contributed by atoms with Gasteiger partial charge in [-0.3, -0.25) is 4.90 Å². The summed E-state index contributed by atoms with van der Waals surface area (Å²) in [4.78, 5) is 6.65. The molecule has 1 aromatic rings. The second-order valence-electron chi connectivity index (χ2n) is 4.71. The summed E-state index contributed by atoms with van der Waals surface area (Å²) in [6.45, 7) is 10.2. The van der Waals surface area contributed by atoms with E-state index in [2.05, 4.69) is 26.7 Å². The molecule has 5 heteroatoms. The van der Waals surface area contributed by atoms with Crippen LogP contribution in [0.15, 0.2) is 12.5 Å². The molecule has 1 N–H and O–H groups in total. The van der Waals surface area contributed by atoms with E-state index < -0.39 is 0 Å². The molecule has 1 fully saturated rings. The Labute approximate surface area is 109 Å². The minimum Gasteiger partial charge on any atom is -0.379 e. The Hall–Kier alpha value is -0.910. The Balaban J connectivity index is 1.63. The van der Waals surface area contributed by atoms with Gasteiger partial charge < -0.3 is 14.6 Å². The van der Waals surface area contributed by atoms with Gasteiger partial charge in [0, 0.05) is 45.5 Å². The second kappa shape index (κ2) is 7.51. The number of aryl methyl sites for hydroxylation is 1. The molecule has 1 aliphatic rings. The lowest BCUT2D eigenvalue weighted by Crippen LogP contribution is -2.40. The van der Waals surface area contributed by atoms with Gasteiger partial charge in [-0.1, -0.05) is 6.92 Å². The van der Waals surface area contributed by atoms with Gasteiger partial charge in [0.15, 0.2) is 0 Å². The molecule has 2 rings (SSSR count). The standard InChI is InChI=1S/C13H24N4O/c1-2-4-17-12-15-11-13(17)10-14-3-5-16-6-8-18-9-7-16/h11-12,14H,2-10H2,1H3. The number of nitrogens with one attached hydrogen (secondary N) is 1. The van der Waals surface area contributed by atoms with E-state index in [0.717, 1.165) is 58.9 Å². The van der Waals surface area contributed by atoms with Crippen LogP contribution in [-0.2, 0) is 17.8 Å². The van der Waals surface area contributed by atoms with Crippen molar-refractivity contribution >= 4 is 0 Å². The maximum absolute atomic E-state index is 5.33. The minimum absolute atomic E-state index is 0.878. The maximum Gasteiger partial charge on any atom is 0.0948 e. The van der Waals surface area contributed by atoms with Crippen LogP contribution in [0.4, 0.5) is 0 Å². The average Bonchev–Trinajstić information content (AvgIpc) is 2.84. The summed E-state index contributed by atoms with van der Waals surface area (Å²) in [7, 11) is 0. The smallest absolute Gasteiger partial charge is 0.0948 e. The second-order valence-corrected chi connectivity index (χ2v) is 4.71. The normalized spacial score (nSPS) is 17.2. The third kappa shape index (κ3) is 4.08. The fourth-order valence-corrected chi connectivity index (χ4v) is 2.22. The van der Waals surface area contributed by atoms with E-state index in [0.29, 0.717) is 0 Å². The van der Waals surface area contributed by atoms with Gasteiger partial charge in [-0.25, -0.2) is 4.98 Å². The van der Waals surface area contributed by atoms with Crippen LogP contribution in [0.1, 0.15) is 19.0 Å². The van der Waals surface area contributed by atoms with Crippen molar-refractivity contribution in [1.29, 1.82) is 0 Å². The SMILES string of the molecule is CCCn1cncc1CNCCN1CCOCC1. The zero-order chi connectivity index (χ0) is 12.6. The Morgan fingerprint density at radius 2 is 2.17 bits per heavy atom. The predicted octanol–water partition coefficient (Wildman–Crippen LogP) is 0.715. The van der Waals surface area contributed by atoms with Crippen LogP contribution in [0.3, 0.4) is 0 Å². The van der Waals surface area contributed by atoms with Crippen LogP contribution in [0.5, 0.6) is 0 Å². The van der Waals surface area contributed by atoms with Crippen molar-refractivity contribution in [3.8, 4) is 0 Å². The average molecular weight is 252 g/mol. The summed E-state index contributed by atoms with van der Waals surface area (Å²) >= 11 is 0. The summed E-state index contributed by atoms with van der Waals surface area (Å²) in [6, 6.07) is 0. The zero-order valence-corrected chi connectivity index (χ0v) is 11.3. The lowest BCUT2D eigenvalue weighted by Gasteiger charge is -2.26. The van der Waals surface area contributed by atoms with Gasteiger partial charge in [-0.15, -0.1) is 0 Å². The Morgan fingerprint density at radius 1 is 1.33 bits per heavy atom. The van der Waals surface area contributed by atoms with Gasteiger partial charge in [0.1, 0.15) is 0 Å². The first-order valence-electron chi connectivity index (χ1n) is 6.90. The lowest BCUT2D eigenvalue weighted by molar-refractivity contribution is 0.0384. The van der Waals surface area contributed by atoms with Crippen molar-refractivity contribution in [1.82, 2.24) is 19.8 Å². The quantitative estimate of drug-likeness (QED) is 0.726. The largest absolute Gasteiger partial charge is 0.379 e. The molecular weight excluding hydrogens is 228 g/mol. The fraction of sp³-hybridized carbons (Fsp3) is 0.769. The van der Waals surface area contributed by atoms with Gasteiger partial charge in [0.2, 0.25) is 0 Å². The zero-order valence-electron chi connectivity index (χ0n) is 11.3. The van der Waals surface area contributed by atoms with E-state index in [-0.39, 0.29) is 0 Å². The molecule has 1 aromatic heterocycles. The molecule has 102 valence electrons. The number of rotatable bonds is 7. The topological polar surface area (TPSA) is 42.3 Å². The molecule has 0 atom stereocenters. The number of ether oxygens (including phenoxy) is 1. The van der Waals surface area contributed by atoms with Crippen LogP contribution < -0.4 is 5.32 Å². The van der Waals surface area contributed by atoms with Crippen LogP contribution in [0.25, 0.3) is 0 Å². The summed E-state index contributed by atoms with van der Waals surface area (Å²) in [6.07, 6.45) is 5.02. The molecule has 0 radical (unpaired) electrons. The Kier molecular flexibility index (Phi) is 5.64. The first kappa shape index (κ1) is 13.5. The molecular formula is C13H24N4O. The van der Waals surface area contributed by atoms with Crippen molar-refractivity contribution in [2.24, 2.45) is 0 Å². The molecule has 0 unspecified atom stereocenters. The third-order valence-corrected chi connectivity index (χ3v) is 3.28. The highest BCUT2D eigenvalue weighted by molar-refractivity contribution is 4.97. The summed E-state index contributed by atoms with van der Waals surface area (Å²) in [5.74, 6) is 0. The van der Waals surface area contributed by atoms with Crippen molar-refractivity contribution in [3.63, 3.8) is 0 Å². The van der Waals surface area contributed by atoms with Crippen molar-refractivity contribution in [2.75, 3.05) is 39.4 Å². The van der Waals surface area contributed by atoms with E-state index >= 15 is 0 Å². The monoisotopic (exact) mass is 252 g/mol. The highest BCUT2D eigenvalue weighted by Crippen LogP contribution is 2.00. The van der Waals surface area contributed by atoms with Gasteiger partial charge >= 0.3 is 0 Å². The third-order valence-electron chi connectivity index (χ3n) is 3.28. The van der Waals surface area contributed by atoms with Crippen molar-refractivity contribution in [3.05, 3.63) is 18.2 Å². The fourth-order valence-electron chi connectivity index (χ4n) is 2.22. The highest BCUT2D eigenvalue weighted by atomic mass is 16.5. The minimum atomic E-state index is 0.878. The van der Waals surface area contributed by atoms with E-state index in [9.17, 15) is 0 Å². The summed E-state index contributed by atoms with van der Waals surface area (Å²) in [5, 5.41) is 3.49. The molecule has 2 heterocycles. The molecule has 0 aromatic carbocycles. The molecule has 5 nitrogen and oxygen atoms in total. The molecule has 18 heavy (non-hydrogen) atoms. The molecule has 1 saturated heterocycles. The molecule has 0 bridgehead atoms. The van der Waals surface area contributed by atoms with Crippen LogP contribution >= 0.6 is 0 Å².